The number of primary amides is 1. The number of carbonyl (C=O) groups excluding carboxylic acids is 1. The van der Waals surface area contributed by atoms with Crippen LogP contribution in [-0.2, 0) is 0 Å². The Morgan fingerprint density at radius 2 is 2.15 bits per heavy atom. The number of aromatic nitrogens is 1. The molecule has 0 aliphatic carbocycles. The maximum absolute atomic E-state index is 11.6. The molecule has 4 N–H and O–H groups in total. The molecule has 2 heterocycles. The fourth-order valence-corrected chi connectivity index (χ4v) is 2.01. The normalized spacial score (nSPS) is 11.6. The van der Waals surface area contributed by atoms with E-state index in [1.54, 1.807) is 36.1 Å². The van der Waals surface area contributed by atoms with E-state index in [1.165, 1.54) is 0 Å². The van der Waals surface area contributed by atoms with Crippen LogP contribution in [-0.4, -0.2) is 16.3 Å². The third-order valence-electron chi connectivity index (χ3n) is 2.83. The Balaban J connectivity index is 2.67. The van der Waals surface area contributed by atoms with E-state index in [4.69, 9.17) is 15.9 Å². The van der Waals surface area contributed by atoms with Gasteiger partial charge in [0.25, 0.3) is 5.91 Å². The summed E-state index contributed by atoms with van der Waals surface area (Å²) >= 11 is 0. The molecule has 0 fully saturated rings. The van der Waals surface area contributed by atoms with Crippen molar-refractivity contribution < 1.29 is 9.21 Å². The smallest absolute Gasteiger partial charge is 0.251 e. The van der Waals surface area contributed by atoms with Crippen LogP contribution in [0.15, 0.2) is 46.3 Å². The van der Waals surface area contributed by atoms with Crippen LogP contribution in [0.25, 0.3) is 5.88 Å². The third-order valence-corrected chi connectivity index (χ3v) is 2.83. The Bertz CT molecular complexity index is 693. The van der Waals surface area contributed by atoms with Gasteiger partial charge in [-0.25, -0.2) is 4.99 Å². The number of furan rings is 1. The largest absolute Gasteiger partial charge is 0.448 e. The Hall–Kier alpha value is -2.76. The average Bonchev–Trinajstić information content (AvgIpc) is 2.94. The lowest BCUT2D eigenvalue weighted by Crippen LogP contribution is -2.20. The molecule has 6 heteroatoms. The molecule has 2 rings (SSSR count). The summed E-state index contributed by atoms with van der Waals surface area (Å²) in [6.45, 7) is 7.20. The van der Waals surface area contributed by atoms with E-state index in [2.05, 4.69) is 11.6 Å². The fraction of sp³-hybridized carbons (Fsp3) is 0.143. The Morgan fingerprint density at radius 1 is 1.45 bits per heavy atom. The quantitative estimate of drug-likeness (QED) is 0.654. The molecule has 0 atom stereocenters. The van der Waals surface area contributed by atoms with Gasteiger partial charge in [0.15, 0.2) is 0 Å². The number of allylic oxidation sites excluding steroid dienone is 1. The number of nitrogens with two attached hydrogens (primary N) is 2. The second-order valence-corrected chi connectivity index (χ2v) is 4.42. The maximum atomic E-state index is 11.6. The van der Waals surface area contributed by atoms with Crippen LogP contribution < -0.4 is 11.5 Å². The lowest BCUT2D eigenvalue weighted by Gasteiger charge is -2.04. The minimum atomic E-state index is -0.576. The number of rotatable bonds is 4. The van der Waals surface area contributed by atoms with E-state index in [0.29, 0.717) is 22.7 Å². The highest BCUT2D eigenvalue weighted by Gasteiger charge is 2.21. The van der Waals surface area contributed by atoms with Gasteiger partial charge >= 0.3 is 0 Å². The summed E-state index contributed by atoms with van der Waals surface area (Å²) in [6, 6.07) is 3.53. The summed E-state index contributed by atoms with van der Waals surface area (Å²) < 4.78 is 7.03. The Morgan fingerprint density at radius 3 is 2.65 bits per heavy atom. The van der Waals surface area contributed by atoms with E-state index in [1.807, 2.05) is 6.92 Å². The van der Waals surface area contributed by atoms with Crippen molar-refractivity contribution in [3.8, 4) is 5.88 Å². The minimum absolute atomic E-state index is 0.203. The first-order chi connectivity index (χ1) is 9.41. The van der Waals surface area contributed by atoms with Crippen LogP contribution in [0.4, 0.5) is 0 Å². The molecule has 0 spiro atoms. The van der Waals surface area contributed by atoms with Crippen molar-refractivity contribution in [1.82, 2.24) is 4.57 Å². The van der Waals surface area contributed by atoms with Gasteiger partial charge in [-0.2, -0.15) is 0 Å². The monoisotopic (exact) mass is 272 g/mol. The number of carbonyl (C=O) groups is 1. The van der Waals surface area contributed by atoms with Crippen LogP contribution >= 0.6 is 0 Å². The van der Waals surface area contributed by atoms with Gasteiger partial charge in [0.05, 0.1) is 17.4 Å². The summed E-state index contributed by atoms with van der Waals surface area (Å²) in [5.74, 6) is 0.196. The fourth-order valence-electron chi connectivity index (χ4n) is 2.01. The molecule has 1 amide bonds. The molecule has 0 aliphatic rings. The molecule has 0 aliphatic heterocycles. The van der Waals surface area contributed by atoms with Crippen LogP contribution in [0.3, 0.4) is 0 Å². The number of hydrogen-bond acceptors (Lipinski definition) is 3. The van der Waals surface area contributed by atoms with Crippen LogP contribution in [0, 0.1) is 6.92 Å². The van der Waals surface area contributed by atoms with Gasteiger partial charge in [-0.3, -0.25) is 9.36 Å². The summed E-state index contributed by atoms with van der Waals surface area (Å²) in [5, 5.41) is 0. The van der Waals surface area contributed by atoms with Gasteiger partial charge in [-0.15, -0.1) is 0 Å². The van der Waals surface area contributed by atoms with Crippen LogP contribution in [0.5, 0.6) is 0 Å². The van der Waals surface area contributed by atoms with Gasteiger partial charge in [-0.1, -0.05) is 6.58 Å². The molecule has 0 saturated heterocycles. The van der Waals surface area contributed by atoms with Gasteiger partial charge < -0.3 is 15.9 Å². The van der Waals surface area contributed by atoms with E-state index in [0.717, 1.165) is 5.69 Å². The molecule has 0 bridgehead atoms. The minimum Gasteiger partial charge on any atom is -0.448 e. The predicted octanol–water partition coefficient (Wildman–Crippen LogP) is 1.72. The van der Waals surface area contributed by atoms with Gasteiger partial charge in [-0.05, 0) is 19.9 Å². The molecular formula is C14H16N4O2. The molecule has 0 unspecified atom stereocenters. The Kier molecular flexibility index (Phi) is 3.47. The molecule has 20 heavy (non-hydrogen) atoms. The highest BCUT2D eigenvalue weighted by atomic mass is 16.3. The van der Waals surface area contributed by atoms with Crippen LogP contribution in [0.2, 0.25) is 0 Å². The molecule has 0 radical (unpaired) electrons. The first-order valence-corrected chi connectivity index (χ1v) is 5.97. The zero-order chi connectivity index (χ0) is 14.9. The second-order valence-electron chi connectivity index (χ2n) is 4.42. The molecule has 2 aromatic rings. The topological polar surface area (TPSA) is 99.5 Å². The molecule has 0 aromatic carbocycles. The van der Waals surface area contributed by atoms with E-state index >= 15 is 0 Å². The highest BCUT2D eigenvalue weighted by molar-refractivity contribution is 6.09. The summed E-state index contributed by atoms with van der Waals surface area (Å²) in [7, 11) is 0. The predicted molar refractivity (Wildman–Crippen MR) is 76.8 cm³/mol. The first-order valence-electron chi connectivity index (χ1n) is 5.97. The number of aliphatic imine (C=N–C) groups is 1. The SMILES string of the molecule is C=C(C)N=C(N)c1c(C(N)=O)cn(-c2ccco2)c1C. The van der Waals surface area contributed by atoms with Gasteiger partial charge in [0.1, 0.15) is 5.84 Å². The van der Waals surface area contributed by atoms with E-state index in [9.17, 15) is 4.79 Å². The summed E-state index contributed by atoms with van der Waals surface area (Å²) in [4.78, 5) is 15.7. The van der Waals surface area contributed by atoms with Crippen molar-refractivity contribution in [3.63, 3.8) is 0 Å². The summed E-state index contributed by atoms with van der Waals surface area (Å²) in [5.41, 5.74) is 13.4. The molecule has 2 aromatic heterocycles. The number of amides is 1. The zero-order valence-electron chi connectivity index (χ0n) is 11.4. The lowest BCUT2D eigenvalue weighted by atomic mass is 10.1. The van der Waals surface area contributed by atoms with E-state index < -0.39 is 5.91 Å². The van der Waals surface area contributed by atoms with E-state index in [-0.39, 0.29) is 5.84 Å². The zero-order valence-corrected chi connectivity index (χ0v) is 11.4. The number of nitrogens with zero attached hydrogens (tertiary/aromatic N) is 2. The molecule has 0 saturated carbocycles. The first kappa shape index (κ1) is 13.7. The third kappa shape index (κ3) is 2.35. The second kappa shape index (κ2) is 5.08. The summed E-state index contributed by atoms with van der Waals surface area (Å²) in [6.07, 6.45) is 3.14. The number of amidine groups is 1. The lowest BCUT2D eigenvalue weighted by molar-refractivity contribution is 0.1000. The average molecular weight is 272 g/mol. The molecular weight excluding hydrogens is 256 g/mol. The maximum Gasteiger partial charge on any atom is 0.251 e. The standard InChI is InChI=1S/C14H16N4O2/c1-8(2)17-13(15)12-9(3)18(7-10(12)14(16)19)11-5-4-6-20-11/h4-7H,1H2,2-3H3,(H2,15,17)(H2,16,19). The van der Waals surface area contributed by atoms with Crippen molar-refractivity contribution in [2.75, 3.05) is 0 Å². The van der Waals surface area contributed by atoms with Crippen molar-refractivity contribution in [2.24, 2.45) is 16.5 Å². The van der Waals surface area contributed by atoms with Crippen molar-refractivity contribution in [1.29, 1.82) is 0 Å². The number of hydrogen-bond donors (Lipinski definition) is 2. The highest BCUT2D eigenvalue weighted by Crippen LogP contribution is 2.21. The van der Waals surface area contributed by atoms with Crippen molar-refractivity contribution in [3.05, 3.63) is 53.7 Å². The van der Waals surface area contributed by atoms with Crippen molar-refractivity contribution in [2.45, 2.75) is 13.8 Å². The Labute approximate surface area is 116 Å². The molecule has 6 nitrogen and oxygen atoms in total. The van der Waals surface area contributed by atoms with Crippen LogP contribution in [0.1, 0.15) is 28.5 Å². The van der Waals surface area contributed by atoms with Gasteiger partial charge in [0.2, 0.25) is 5.88 Å². The molecule has 104 valence electrons. The van der Waals surface area contributed by atoms with Gasteiger partial charge in [0, 0.05) is 23.7 Å². The van der Waals surface area contributed by atoms with Crippen molar-refractivity contribution >= 4 is 11.7 Å².